The second-order valence-corrected chi connectivity index (χ2v) is 8.54. The van der Waals surface area contributed by atoms with Gasteiger partial charge in [0.15, 0.2) is 0 Å². The molecular weight excluding hydrogens is 337 g/mol. The zero-order valence-corrected chi connectivity index (χ0v) is 15.9. The largest absolute Gasteiger partial charge is 0.335 e. The van der Waals surface area contributed by atoms with Crippen LogP contribution in [-0.4, -0.2) is 42.4 Å². The standard InChI is InChI=1S/C19H28FN3OS/c1-13(2)12-23-9-6-14(7-10-23)21-19(24)22-17-8-11-25-18-15(17)4-3-5-16(18)20/h3-5,13-14,17H,6-12H2,1-2H3,(H2,21,22,24). The molecule has 0 radical (unpaired) electrons. The molecule has 2 heterocycles. The number of nitrogens with zero attached hydrogens (tertiary/aromatic N) is 1. The van der Waals surface area contributed by atoms with Crippen molar-refractivity contribution >= 4 is 17.8 Å². The number of urea groups is 1. The van der Waals surface area contributed by atoms with Crippen molar-refractivity contribution in [3.8, 4) is 0 Å². The van der Waals surface area contributed by atoms with Gasteiger partial charge in [0, 0.05) is 36.3 Å². The topological polar surface area (TPSA) is 44.4 Å². The Bertz CT molecular complexity index is 602. The number of piperidine rings is 1. The summed E-state index contributed by atoms with van der Waals surface area (Å²) in [6.07, 6.45) is 2.82. The van der Waals surface area contributed by atoms with E-state index in [0.717, 1.165) is 50.2 Å². The van der Waals surface area contributed by atoms with E-state index in [0.29, 0.717) is 10.8 Å². The van der Waals surface area contributed by atoms with E-state index >= 15 is 0 Å². The van der Waals surface area contributed by atoms with E-state index in [2.05, 4.69) is 29.4 Å². The molecule has 1 aromatic rings. The number of thioether (sulfide) groups is 1. The molecule has 0 aromatic heterocycles. The minimum Gasteiger partial charge on any atom is -0.335 e. The van der Waals surface area contributed by atoms with Crippen molar-refractivity contribution in [2.75, 3.05) is 25.4 Å². The third-order valence-corrected chi connectivity index (χ3v) is 6.04. The third kappa shape index (κ3) is 4.88. The van der Waals surface area contributed by atoms with Gasteiger partial charge in [-0.3, -0.25) is 0 Å². The maximum Gasteiger partial charge on any atom is 0.315 e. The van der Waals surface area contributed by atoms with E-state index in [4.69, 9.17) is 0 Å². The van der Waals surface area contributed by atoms with Gasteiger partial charge in [-0.05, 0) is 36.8 Å². The van der Waals surface area contributed by atoms with Gasteiger partial charge >= 0.3 is 6.03 Å². The number of carbonyl (C=O) groups is 1. The minimum absolute atomic E-state index is 0.104. The van der Waals surface area contributed by atoms with E-state index < -0.39 is 0 Å². The number of rotatable bonds is 4. The number of likely N-dealkylation sites (tertiary alicyclic amines) is 1. The van der Waals surface area contributed by atoms with E-state index in [-0.39, 0.29) is 23.9 Å². The highest BCUT2D eigenvalue weighted by Crippen LogP contribution is 2.37. The molecule has 4 nitrogen and oxygen atoms in total. The Morgan fingerprint density at radius 2 is 2.04 bits per heavy atom. The van der Waals surface area contributed by atoms with E-state index in [9.17, 15) is 9.18 Å². The van der Waals surface area contributed by atoms with Gasteiger partial charge in [-0.1, -0.05) is 26.0 Å². The molecule has 0 aliphatic carbocycles. The first-order chi connectivity index (χ1) is 12.0. The zero-order valence-electron chi connectivity index (χ0n) is 15.1. The van der Waals surface area contributed by atoms with Crippen molar-refractivity contribution < 1.29 is 9.18 Å². The molecule has 138 valence electrons. The van der Waals surface area contributed by atoms with E-state index in [1.807, 2.05) is 6.07 Å². The predicted molar refractivity (Wildman–Crippen MR) is 100 cm³/mol. The fourth-order valence-corrected chi connectivity index (χ4v) is 4.84. The summed E-state index contributed by atoms with van der Waals surface area (Å²) in [6.45, 7) is 7.68. The van der Waals surface area contributed by atoms with Gasteiger partial charge in [-0.2, -0.15) is 0 Å². The SMILES string of the molecule is CC(C)CN1CCC(NC(=O)NC2CCSc3c(F)cccc32)CC1. The molecule has 1 fully saturated rings. The molecule has 0 saturated carbocycles. The van der Waals surface area contributed by atoms with Gasteiger partial charge in [0.2, 0.25) is 0 Å². The summed E-state index contributed by atoms with van der Waals surface area (Å²) in [5.41, 5.74) is 0.901. The molecule has 1 unspecified atom stereocenters. The van der Waals surface area contributed by atoms with Gasteiger partial charge in [-0.15, -0.1) is 11.8 Å². The lowest BCUT2D eigenvalue weighted by molar-refractivity contribution is 0.177. The lowest BCUT2D eigenvalue weighted by Crippen LogP contribution is -2.49. The highest BCUT2D eigenvalue weighted by Gasteiger charge is 2.26. The van der Waals surface area contributed by atoms with Gasteiger partial charge in [0.05, 0.1) is 6.04 Å². The summed E-state index contributed by atoms with van der Waals surface area (Å²) in [5.74, 6) is 1.32. The fourth-order valence-electron chi connectivity index (χ4n) is 3.70. The second kappa shape index (κ2) is 8.41. The Morgan fingerprint density at radius 3 is 2.76 bits per heavy atom. The van der Waals surface area contributed by atoms with Crippen LogP contribution >= 0.6 is 11.8 Å². The number of hydrogen-bond acceptors (Lipinski definition) is 3. The van der Waals surface area contributed by atoms with Crippen LogP contribution in [0.1, 0.15) is 44.7 Å². The van der Waals surface area contributed by atoms with Crippen molar-refractivity contribution in [3.05, 3.63) is 29.6 Å². The number of amides is 2. The molecule has 25 heavy (non-hydrogen) atoms. The smallest absolute Gasteiger partial charge is 0.315 e. The molecule has 0 bridgehead atoms. The molecule has 1 saturated heterocycles. The first kappa shape index (κ1) is 18.5. The Morgan fingerprint density at radius 1 is 1.28 bits per heavy atom. The summed E-state index contributed by atoms with van der Waals surface area (Å²) in [5, 5.41) is 6.16. The minimum atomic E-state index is -0.188. The summed E-state index contributed by atoms with van der Waals surface area (Å²) in [4.78, 5) is 15.5. The number of fused-ring (bicyclic) bond motifs is 1. The number of benzene rings is 1. The van der Waals surface area contributed by atoms with Crippen molar-refractivity contribution in [2.24, 2.45) is 5.92 Å². The van der Waals surface area contributed by atoms with Crippen LogP contribution in [0.3, 0.4) is 0 Å². The first-order valence-electron chi connectivity index (χ1n) is 9.23. The maximum absolute atomic E-state index is 13.9. The Kier molecular flexibility index (Phi) is 6.23. The quantitative estimate of drug-likeness (QED) is 0.853. The molecule has 0 spiro atoms. The van der Waals surface area contributed by atoms with Crippen molar-refractivity contribution in [3.63, 3.8) is 0 Å². The molecule has 2 N–H and O–H groups in total. The number of nitrogens with one attached hydrogen (secondary N) is 2. The summed E-state index contributed by atoms with van der Waals surface area (Å²) >= 11 is 1.53. The summed E-state index contributed by atoms with van der Waals surface area (Å²) in [6, 6.07) is 5.12. The highest BCUT2D eigenvalue weighted by atomic mass is 32.2. The van der Waals surface area contributed by atoms with Crippen LogP contribution in [0.2, 0.25) is 0 Å². The monoisotopic (exact) mass is 365 g/mol. The van der Waals surface area contributed by atoms with E-state index in [1.54, 1.807) is 6.07 Å². The molecule has 2 amide bonds. The number of carbonyl (C=O) groups excluding carboxylic acids is 1. The van der Waals surface area contributed by atoms with Crippen LogP contribution < -0.4 is 10.6 Å². The van der Waals surface area contributed by atoms with Crippen LogP contribution in [0.5, 0.6) is 0 Å². The molecule has 6 heteroatoms. The van der Waals surface area contributed by atoms with Crippen LogP contribution in [0.15, 0.2) is 23.1 Å². The summed E-state index contributed by atoms with van der Waals surface area (Å²) in [7, 11) is 0. The number of hydrogen-bond donors (Lipinski definition) is 2. The summed E-state index contributed by atoms with van der Waals surface area (Å²) < 4.78 is 13.9. The Hall–Kier alpha value is -1.27. The maximum atomic E-state index is 13.9. The molecule has 1 atom stereocenters. The van der Waals surface area contributed by atoms with E-state index in [1.165, 1.54) is 17.8 Å². The Balaban J connectivity index is 1.50. The molecule has 1 aromatic carbocycles. The second-order valence-electron chi connectivity index (χ2n) is 7.43. The van der Waals surface area contributed by atoms with Crippen LogP contribution in [0.25, 0.3) is 0 Å². The van der Waals surface area contributed by atoms with Gasteiger partial charge < -0.3 is 15.5 Å². The average Bonchev–Trinajstić information content (AvgIpc) is 2.57. The van der Waals surface area contributed by atoms with Gasteiger partial charge in [-0.25, -0.2) is 9.18 Å². The predicted octanol–water partition coefficient (Wildman–Crippen LogP) is 3.78. The zero-order chi connectivity index (χ0) is 17.8. The fraction of sp³-hybridized carbons (Fsp3) is 0.632. The van der Waals surface area contributed by atoms with Crippen molar-refractivity contribution in [2.45, 2.75) is 50.1 Å². The van der Waals surface area contributed by atoms with Crippen LogP contribution in [0.4, 0.5) is 9.18 Å². The van der Waals surface area contributed by atoms with Gasteiger partial charge in [0.25, 0.3) is 0 Å². The van der Waals surface area contributed by atoms with Crippen LogP contribution in [0, 0.1) is 11.7 Å². The van der Waals surface area contributed by atoms with Crippen molar-refractivity contribution in [1.29, 1.82) is 0 Å². The molecule has 2 aliphatic rings. The normalized spacial score (nSPS) is 21.8. The van der Waals surface area contributed by atoms with Gasteiger partial charge in [0.1, 0.15) is 5.82 Å². The third-order valence-electron chi connectivity index (χ3n) is 4.88. The highest BCUT2D eigenvalue weighted by molar-refractivity contribution is 7.99. The molecular formula is C19H28FN3OS. The molecule has 2 aliphatic heterocycles. The lowest BCUT2D eigenvalue weighted by atomic mass is 10.0. The Labute approximate surface area is 153 Å². The first-order valence-corrected chi connectivity index (χ1v) is 10.2. The number of halogens is 1. The van der Waals surface area contributed by atoms with Crippen molar-refractivity contribution in [1.82, 2.24) is 15.5 Å². The molecule has 3 rings (SSSR count). The van der Waals surface area contributed by atoms with Crippen LogP contribution in [-0.2, 0) is 0 Å². The average molecular weight is 366 g/mol. The lowest BCUT2D eigenvalue weighted by Gasteiger charge is -2.34.